The number of hydrogen-bond donors (Lipinski definition) is 2. The van der Waals surface area contributed by atoms with E-state index in [9.17, 15) is 18.3 Å². The Kier molecular flexibility index (Phi) is 4.77. The number of anilines is 1. The van der Waals surface area contributed by atoms with Crippen LogP contribution in [-0.4, -0.2) is 11.7 Å². The van der Waals surface area contributed by atoms with Gasteiger partial charge >= 0.3 is 6.18 Å². The molecule has 112 valence electrons. The minimum absolute atomic E-state index is 0.206. The van der Waals surface area contributed by atoms with Crippen LogP contribution in [0.15, 0.2) is 46.9 Å². The van der Waals surface area contributed by atoms with Crippen molar-refractivity contribution < 1.29 is 18.3 Å². The largest absolute Gasteiger partial charge is 0.508 e. The Morgan fingerprint density at radius 2 is 1.71 bits per heavy atom. The molecule has 0 fully saturated rings. The summed E-state index contributed by atoms with van der Waals surface area (Å²) in [4.78, 5) is 0. The summed E-state index contributed by atoms with van der Waals surface area (Å²) in [5.41, 5.74) is 0.962. The molecule has 0 aromatic heterocycles. The molecule has 0 radical (unpaired) electrons. The van der Waals surface area contributed by atoms with Crippen LogP contribution in [0, 0.1) is 0 Å². The first-order chi connectivity index (χ1) is 9.86. The summed E-state index contributed by atoms with van der Waals surface area (Å²) in [7, 11) is 0. The molecule has 21 heavy (non-hydrogen) atoms. The number of hydrogen-bond acceptors (Lipinski definition) is 2. The molecule has 0 atom stereocenters. The molecule has 2 N–H and O–H groups in total. The molecule has 0 aliphatic rings. The maximum atomic E-state index is 12.5. The molecule has 0 heterocycles. The van der Waals surface area contributed by atoms with E-state index in [0.29, 0.717) is 23.1 Å². The first-order valence-electron chi connectivity index (χ1n) is 6.25. The second kappa shape index (κ2) is 6.39. The van der Waals surface area contributed by atoms with Crippen LogP contribution >= 0.6 is 15.9 Å². The van der Waals surface area contributed by atoms with E-state index < -0.39 is 11.7 Å². The quantitative estimate of drug-likeness (QED) is 0.819. The second-order valence-corrected chi connectivity index (χ2v) is 5.39. The number of phenols is 1. The summed E-state index contributed by atoms with van der Waals surface area (Å²) >= 11 is 3.14. The maximum Gasteiger partial charge on any atom is 0.416 e. The molecule has 0 spiro atoms. The van der Waals surface area contributed by atoms with Gasteiger partial charge in [-0.1, -0.05) is 12.1 Å². The first-order valence-corrected chi connectivity index (χ1v) is 7.04. The lowest BCUT2D eigenvalue weighted by atomic mass is 10.1. The van der Waals surface area contributed by atoms with E-state index in [1.54, 1.807) is 24.3 Å². The van der Waals surface area contributed by atoms with Crippen molar-refractivity contribution in [2.75, 3.05) is 11.9 Å². The Hall–Kier alpha value is -1.69. The number of rotatable bonds is 4. The molecule has 0 saturated heterocycles. The molecule has 2 rings (SSSR count). The second-order valence-electron chi connectivity index (χ2n) is 4.54. The summed E-state index contributed by atoms with van der Waals surface area (Å²) in [6.45, 7) is 0.578. The Balaban J connectivity index is 1.96. The molecular weight excluding hydrogens is 347 g/mol. The van der Waals surface area contributed by atoms with E-state index in [4.69, 9.17) is 0 Å². The lowest BCUT2D eigenvalue weighted by molar-refractivity contribution is -0.137. The van der Waals surface area contributed by atoms with Crippen LogP contribution in [0.2, 0.25) is 0 Å². The Bertz CT molecular complexity index is 611. The van der Waals surface area contributed by atoms with Gasteiger partial charge in [-0.15, -0.1) is 0 Å². The van der Waals surface area contributed by atoms with Crippen LogP contribution in [0.3, 0.4) is 0 Å². The van der Waals surface area contributed by atoms with Crippen LogP contribution in [0.5, 0.6) is 5.75 Å². The van der Waals surface area contributed by atoms with Crippen molar-refractivity contribution in [3.8, 4) is 5.75 Å². The van der Waals surface area contributed by atoms with E-state index in [-0.39, 0.29) is 5.75 Å². The van der Waals surface area contributed by atoms with E-state index >= 15 is 0 Å². The zero-order valence-electron chi connectivity index (χ0n) is 10.9. The zero-order valence-corrected chi connectivity index (χ0v) is 12.5. The van der Waals surface area contributed by atoms with Gasteiger partial charge in [0.25, 0.3) is 0 Å². The normalized spacial score (nSPS) is 11.4. The number of alkyl halides is 3. The maximum absolute atomic E-state index is 12.5. The summed E-state index contributed by atoms with van der Waals surface area (Å²) in [5.74, 6) is 0.206. The minimum atomic E-state index is -4.34. The SMILES string of the molecule is Oc1ccc(CCNc2ccc(C(F)(F)F)cc2Br)cc1. The lowest BCUT2D eigenvalue weighted by Crippen LogP contribution is -2.08. The average molecular weight is 360 g/mol. The van der Waals surface area contributed by atoms with Crippen LogP contribution in [-0.2, 0) is 12.6 Å². The summed E-state index contributed by atoms with van der Waals surface area (Å²) in [6, 6.07) is 10.3. The van der Waals surface area contributed by atoms with Crippen molar-refractivity contribution in [3.63, 3.8) is 0 Å². The monoisotopic (exact) mass is 359 g/mol. The molecule has 6 heteroatoms. The minimum Gasteiger partial charge on any atom is -0.508 e. The predicted octanol–water partition coefficient (Wildman–Crippen LogP) is 4.83. The molecule has 0 amide bonds. The highest BCUT2D eigenvalue weighted by molar-refractivity contribution is 9.10. The molecule has 0 bridgehead atoms. The number of nitrogens with one attached hydrogen (secondary N) is 1. The fraction of sp³-hybridized carbons (Fsp3) is 0.200. The van der Waals surface area contributed by atoms with Gasteiger partial charge in [0, 0.05) is 16.7 Å². The fourth-order valence-corrected chi connectivity index (χ4v) is 2.36. The van der Waals surface area contributed by atoms with Crippen LogP contribution in [0.1, 0.15) is 11.1 Å². The average Bonchev–Trinajstić information content (AvgIpc) is 2.41. The van der Waals surface area contributed by atoms with Crippen molar-refractivity contribution in [1.82, 2.24) is 0 Å². The fourth-order valence-electron chi connectivity index (χ4n) is 1.84. The molecule has 0 unspecified atom stereocenters. The summed E-state index contributed by atoms with van der Waals surface area (Å²) in [5, 5.41) is 12.3. The van der Waals surface area contributed by atoms with Crippen molar-refractivity contribution >= 4 is 21.6 Å². The topological polar surface area (TPSA) is 32.3 Å². The third kappa shape index (κ3) is 4.39. The third-order valence-corrected chi connectivity index (χ3v) is 3.62. The highest BCUT2D eigenvalue weighted by Gasteiger charge is 2.30. The smallest absolute Gasteiger partial charge is 0.416 e. The molecule has 2 nitrogen and oxygen atoms in total. The molecular formula is C15H13BrF3NO. The number of phenolic OH excluding ortho intramolecular Hbond substituents is 1. The Morgan fingerprint density at radius 1 is 1.05 bits per heavy atom. The van der Waals surface area contributed by atoms with Gasteiger partial charge in [0.2, 0.25) is 0 Å². The van der Waals surface area contributed by atoms with E-state index in [2.05, 4.69) is 21.2 Å². The number of benzene rings is 2. The standard InChI is InChI=1S/C15H13BrF3NO/c16-13-9-11(15(17,18)19)3-6-14(13)20-8-7-10-1-4-12(21)5-2-10/h1-6,9,20-21H,7-8H2. The van der Waals surface area contributed by atoms with Gasteiger partial charge in [-0.2, -0.15) is 13.2 Å². The highest BCUT2D eigenvalue weighted by Crippen LogP contribution is 2.33. The molecule has 0 aliphatic heterocycles. The predicted molar refractivity (Wildman–Crippen MR) is 79.4 cm³/mol. The molecule has 0 saturated carbocycles. The van der Waals surface area contributed by atoms with Crippen LogP contribution in [0.25, 0.3) is 0 Å². The van der Waals surface area contributed by atoms with Gasteiger partial charge < -0.3 is 10.4 Å². The van der Waals surface area contributed by atoms with Gasteiger partial charge in [0.15, 0.2) is 0 Å². The first kappa shape index (κ1) is 15.7. The third-order valence-electron chi connectivity index (χ3n) is 2.96. The van der Waals surface area contributed by atoms with Gasteiger partial charge in [-0.25, -0.2) is 0 Å². The van der Waals surface area contributed by atoms with Gasteiger partial charge in [0.1, 0.15) is 5.75 Å². The highest BCUT2D eigenvalue weighted by atomic mass is 79.9. The number of halogens is 4. The van der Waals surface area contributed by atoms with E-state index in [1.807, 2.05) is 0 Å². The van der Waals surface area contributed by atoms with Gasteiger partial charge in [-0.3, -0.25) is 0 Å². The summed E-state index contributed by atoms with van der Waals surface area (Å²) < 4.78 is 38.0. The molecule has 2 aromatic carbocycles. The van der Waals surface area contributed by atoms with E-state index in [1.165, 1.54) is 6.07 Å². The zero-order chi connectivity index (χ0) is 15.5. The molecule has 2 aromatic rings. The Morgan fingerprint density at radius 3 is 2.29 bits per heavy atom. The molecule has 0 aliphatic carbocycles. The number of aromatic hydroxyl groups is 1. The van der Waals surface area contributed by atoms with Crippen molar-refractivity contribution in [2.24, 2.45) is 0 Å². The lowest BCUT2D eigenvalue weighted by Gasteiger charge is -2.12. The van der Waals surface area contributed by atoms with Gasteiger partial charge in [0.05, 0.1) is 5.56 Å². The van der Waals surface area contributed by atoms with Crippen LogP contribution in [0.4, 0.5) is 18.9 Å². The van der Waals surface area contributed by atoms with Crippen LogP contribution < -0.4 is 5.32 Å². The van der Waals surface area contributed by atoms with Crippen molar-refractivity contribution in [2.45, 2.75) is 12.6 Å². The van der Waals surface area contributed by atoms with Gasteiger partial charge in [-0.05, 0) is 58.2 Å². The van der Waals surface area contributed by atoms with Crippen molar-refractivity contribution in [1.29, 1.82) is 0 Å². The van der Waals surface area contributed by atoms with E-state index in [0.717, 1.165) is 17.7 Å². The summed E-state index contributed by atoms with van der Waals surface area (Å²) in [6.07, 6.45) is -3.64. The van der Waals surface area contributed by atoms with Crippen molar-refractivity contribution in [3.05, 3.63) is 58.1 Å². The Labute approximate surface area is 128 Å².